The molecule has 1 saturated heterocycles. The fourth-order valence-corrected chi connectivity index (χ4v) is 2.03. The predicted molar refractivity (Wildman–Crippen MR) is 62.6 cm³/mol. The van der Waals surface area contributed by atoms with E-state index in [1.807, 2.05) is 13.8 Å². The third-order valence-electron chi connectivity index (χ3n) is 3.63. The molecule has 0 aromatic carbocycles. The van der Waals surface area contributed by atoms with Crippen molar-refractivity contribution in [3.05, 3.63) is 0 Å². The second kappa shape index (κ2) is 6.00. The Morgan fingerprint density at radius 2 is 2.06 bits per heavy atom. The summed E-state index contributed by atoms with van der Waals surface area (Å²) < 4.78 is 5.25. The van der Waals surface area contributed by atoms with Crippen molar-refractivity contribution in [2.75, 3.05) is 13.2 Å². The first-order valence-electron chi connectivity index (χ1n) is 6.18. The number of carbonyl (C=O) groups is 2. The predicted octanol–water partition coefficient (Wildman–Crippen LogP) is 1.17. The van der Waals surface area contributed by atoms with Gasteiger partial charge in [0, 0.05) is 13.2 Å². The van der Waals surface area contributed by atoms with E-state index >= 15 is 0 Å². The standard InChI is InChI=1S/C12H21NO4/c1-3-12(4-2,11(15)16)8-13-10(14)9-6-5-7-17-9/h9H,3-8H2,1-2H3,(H,13,14)(H,15,16)/t9-/m0/s1. The Balaban J connectivity index is 2.51. The molecule has 1 heterocycles. The van der Waals surface area contributed by atoms with Crippen molar-refractivity contribution < 1.29 is 19.4 Å². The summed E-state index contributed by atoms with van der Waals surface area (Å²) in [6.45, 7) is 4.45. The number of hydrogen-bond acceptors (Lipinski definition) is 3. The van der Waals surface area contributed by atoms with Gasteiger partial charge in [0.25, 0.3) is 0 Å². The fraction of sp³-hybridized carbons (Fsp3) is 0.833. The summed E-state index contributed by atoms with van der Waals surface area (Å²) in [5.41, 5.74) is -0.853. The van der Waals surface area contributed by atoms with Gasteiger partial charge in [0.15, 0.2) is 0 Å². The van der Waals surface area contributed by atoms with Gasteiger partial charge in [0.1, 0.15) is 6.10 Å². The van der Waals surface area contributed by atoms with Crippen molar-refractivity contribution in [1.29, 1.82) is 0 Å². The van der Waals surface area contributed by atoms with Crippen molar-refractivity contribution in [3.8, 4) is 0 Å². The highest BCUT2D eigenvalue weighted by atomic mass is 16.5. The molecule has 5 nitrogen and oxygen atoms in total. The molecule has 0 aromatic heterocycles. The van der Waals surface area contributed by atoms with Crippen LogP contribution in [-0.4, -0.2) is 36.2 Å². The topological polar surface area (TPSA) is 75.6 Å². The molecule has 1 rings (SSSR count). The van der Waals surface area contributed by atoms with E-state index in [1.54, 1.807) is 0 Å². The lowest BCUT2D eigenvalue weighted by molar-refractivity contribution is -0.149. The van der Waals surface area contributed by atoms with Gasteiger partial charge in [-0.15, -0.1) is 0 Å². The molecule has 2 N–H and O–H groups in total. The lowest BCUT2D eigenvalue weighted by Crippen LogP contribution is -2.45. The van der Waals surface area contributed by atoms with Crippen LogP contribution in [0, 0.1) is 5.41 Å². The highest BCUT2D eigenvalue weighted by Gasteiger charge is 2.36. The van der Waals surface area contributed by atoms with E-state index in [0.717, 1.165) is 12.8 Å². The number of aliphatic carboxylic acids is 1. The molecule has 0 unspecified atom stereocenters. The Kier molecular flexibility index (Phi) is 4.93. The second-order valence-electron chi connectivity index (χ2n) is 4.51. The number of hydrogen-bond donors (Lipinski definition) is 2. The van der Waals surface area contributed by atoms with Crippen molar-refractivity contribution in [2.24, 2.45) is 5.41 Å². The van der Waals surface area contributed by atoms with Crippen LogP contribution in [0.2, 0.25) is 0 Å². The molecule has 98 valence electrons. The Bertz CT molecular complexity index is 280. The summed E-state index contributed by atoms with van der Waals surface area (Å²) in [5, 5.41) is 11.9. The maximum atomic E-state index is 11.7. The number of carbonyl (C=O) groups excluding carboxylic acids is 1. The van der Waals surface area contributed by atoms with E-state index in [-0.39, 0.29) is 12.5 Å². The first-order chi connectivity index (χ1) is 8.05. The molecule has 1 fully saturated rings. The molecule has 0 spiro atoms. The van der Waals surface area contributed by atoms with Gasteiger partial charge in [-0.25, -0.2) is 0 Å². The van der Waals surface area contributed by atoms with Crippen LogP contribution in [0.1, 0.15) is 39.5 Å². The minimum Gasteiger partial charge on any atom is -0.481 e. The molecule has 5 heteroatoms. The maximum absolute atomic E-state index is 11.7. The van der Waals surface area contributed by atoms with E-state index in [0.29, 0.717) is 19.4 Å². The number of carboxylic acid groups (broad SMARTS) is 1. The summed E-state index contributed by atoms with van der Waals surface area (Å²) in [4.78, 5) is 23.0. The van der Waals surface area contributed by atoms with Crippen LogP contribution in [0.5, 0.6) is 0 Å². The van der Waals surface area contributed by atoms with Gasteiger partial charge in [-0.1, -0.05) is 13.8 Å². The third-order valence-corrected chi connectivity index (χ3v) is 3.63. The van der Waals surface area contributed by atoms with Gasteiger partial charge in [-0.05, 0) is 25.7 Å². The van der Waals surface area contributed by atoms with Gasteiger partial charge < -0.3 is 15.2 Å². The summed E-state index contributed by atoms with van der Waals surface area (Å²) in [6, 6.07) is 0. The van der Waals surface area contributed by atoms with E-state index in [2.05, 4.69) is 5.32 Å². The SMILES string of the molecule is CCC(CC)(CNC(=O)[C@@H]1CCCO1)C(=O)O. The fourth-order valence-electron chi connectivity index (χ4n) is 2.03. The molecule has 0 aromatic rings. The van der Waals surface area contributed by atoms with Crippen molar-refractivity contribution in [2.45, 2.75) is 45.6 Å². The number of ether oxygens (including phenoxy) is 1. The molecule has 1 atom stereocenters. The maximum Gasteiger partial charge on any atom is 0.311 e. The zero-order chi connectivity index (χ0) is 12.9. The molecule has 0 radical (unpaired) electrons. The van der Waals surface area contributed by atoms with E-state index in [1.165, 1.54) is 0 Å². The summed E-state index contributed by atoms with van der Waals surface area (Å²) in [7, 11) is 0. The molecule has 1 amide bonds. The minimum absolute atomic E-state index is 0.175. The molecular weight excluding hydrogens is 222 g/mol. The van der Waals surface area contributed by atoms with Crippen LogP contribution < -0.4 is 5.32 Å². The van der Waals surface area contributed by atoms with Crippen molar-refractivity contribution in [1.82, 2.24) is 5.32 Å². The molecule has 0 saturated carbocycles. The van der Waals surface area contributed by atoms with Gasteiger partial charge in [-0.2, -0.15) is 0 Å². The lowest BCUT2D eigenvalue weighted by atomic mass is 9.82. The van der Waals surface area contributed by atoms with Gasteiger partial charge >= 0.3 is 5.97 Å². The van der Waals surface area contributed by atoms with Gasteiger partial charge in [-0.3, -0.25) is 9.59 Å². The summed E-state index contributed by atoms with van der Waals surface area (Å²) in [6.07, 6.45) is 2.23. The largest absolute Gasteiger partial charge is 0.481 e. The van der Waals surface area contributed by atoms with Crippen LogP contribution in [0.3, 0.4) is 0 Å². The Hall–Kier alpha value is -1.10. The van der Waals surface area contributed by atoms with Crippen LogP contribution in [0.15, 0.2) is 0 Å². The number of nitrogens with one attached hydrogen (secondary N) is 1. The second-order valence-corrected chi connectivity index (χ2v) is 4.51. The number of rotatable bonds is 6. The molecule has 1 aliphatic rings. The Morgan fingerprint density at radius 3 is 2.47 bits per heavy atom. The highest BCUT2D eigenvalue weighted by molar-refractivity contribution is 5.82. The average Bonchev–Trinajstić information content (AvgIpc) is 2.84. The van der Waals surface area contributed by atoms with Crippen LogP contribution >= 0.6 is 0 Å². The molecule has 0 aliphatic carbocycles. The van der Waals surface area contributed by atoms with E-state index < -0.39 is 17.5 Å². The first kappa shape index (κ1) is 14.0. The monoisotopic (exact) mass is 243 g/mol. The van der Waals surface area contributed by atoms with Crippen LogP contribution in [0.4, 0.5) is 0 Å². The van der Waals surface area contributed by atoms with Gasteiger partial charge in [0.05, 0.1) is 5.41 Å². The van der Waals surface area contributed by atoms with E-state index in [9.17, 15) is 14.7 Å². The normalized spacial score (nSPS) is 20.2. The molecule has 1 aliphatic heterocycles. The van der Waals surface area contributed by atoms with Crippen LogP contribution in [0.25, 0.3) is 0 Å². The molecule has 0 bridgehead atoms. The zero-order valence-corrected chi connectivity index (χ0v) is 10.5. The zero-order valence-electron chi connectivity index (χ0n) is 10.5. The van der Waals surface area contributed by atoms with E-state index in [4.69, 9.17) is 4.74 Å². The highest BCUT2D eigenvalue weighted by Crippen LogP contribution is 2.26. The van der Waals surface area contributed by atoms with Crippen molar-refractivity contribution >= 4 is 11.9 Å². The number of carboxylic acids is 1. The summed E-state index contributed by atoms with van der Waals surface area (Å²) >= 11 is 0. The summed E-state index contributed by atoms with van der Waals surface area (Å²) in [5.74, 6) is -1.04. The smallest absolute Gasteiger partial charge is 0.311 e. The van der Waals surface area contributed by atoms with Crippen LogP contribution in [-0.2, 0) is 14.3 Å². The van der Waals surface area contributed by atoms with Gasteiger partial charge in [0.2, 0.25) is 5.91 Å². The molecule has 17 heavy (non-hydrogen) atoms. The molecular formula is C12H21NO4. The number of amides is 1. The quantitative estimate of drug-likeness (QED) is 0.734. The minimum atomic E-state index is -0.853. The Labute approximate surface area is 102 Å². The first-order valence-corrected chi connectivity index (χ1v) is 6.18. The van der Waals surface area contributed by atoms with Crippen molar-refractivity contribution in [3.63, 3.8) is 0 Å². The lowest BCUT2D eigenvalue weighted by Gasteiger charge is -2.27. The Morgan fingerprint density at radius 1 is 1.41 bits per heavy atom. The average molecular weight is 243 g/mol. The third kappa shape index (κ3) is 3.19.